The number of para-hydroxylation sites is 1. The summed E-state index contributed by atoms with van der Waals surface area (Å²) in [6.45, 7) is 1.78. The zero-order valence-electron chi connectivity index (χ0n) is 20.2. The molecule has 0 radical (unpaired) electrons. The number of allylic oxidation sites excluding steroid dienone is 1. The number of carbonyl (C=O) groups is 1. The number of fused-ring (bicyclic) bond motifs is 1. The van der Waals surface area contributed by atoms with Gasteiger partial charge in [0.15, 0.2) is 4.80 Å². The molecule has 0 bridgehead atoms. The van der Waals surface area contributed by atoms with Crippen molar-refractivity contribution in [2.24, 2.45) is 4.99 Å². The minimum absolute atomic E-state index is 0.111. The predicted octanol–water partition coefficient (Wildman–Crippen LogP) is 4.80. The number of benzene rings is 3. The second-order valence-corrected chi connectivity index (χ2v) is 11.9. The molecular formula is C28H21I2N3O4S. The predicted molar refractivity (Wildman–Crippen MR) is 165 cm³/mol. The largest absolute Gasteiger partial charge is 0.506 e. The zero-order valence-corrected chi connectivity index (χ0v) is 25.4. The number of hydrogen-bond acceptors (Lipinski definition) is 6. The number of phenols is 1. The number of halogens is 2. The van der Waals surface area contributed by atoms with E-state index >= 15 is 0 Å². The van der Waals surface area contributed by atoms with E-state index in [2.05, 4.69) is 55.5 Å². The number of carbonyl (C=O) groups excluding carboxylic acids is 1. The molecule has 10 heteroatoms. The number of thiazole rings is 1. The zero-order chi connectivity index (χ0) is 27.0. The van der Waals surface area contributed by atoms with Gasteiger partial charge in [0.05, 0.1) is 32.5 Å². The Hall–Kier alpha value is -2.97. The van der Waals surface area contributed by atoms with E-state index in [1.807, 2.05) is 54.6 Å². The van der Waals surface area contributed by atoms with Crippen LogP contribution in [0.1, 0.15) is 24.1 Å². The number of aromatic hydroxyl groups is 1. The van der Waals surface area contributed by atoms with Crippen molar-refractivity contribution in [1.82, 2.24) is 4.57 Å². The lowest BCUT2D eigenvalue weighted by molar-refractivity contribution is -0.113. The van der Waals surface area contributed by atoms with Gasteiger partial charge in [0.1, 0.15) is 11.5 Å². The highest BCUT2D eigenvalue weighted by Gasteiger charge is 2.32. The number of rotatable bonds is 5. The van der Waals surface area contributed by atoms with Gasteiger partial charge in [-0.3, -0.25) is 14.2 Å². The van der Waals surface area contributed by atoms with Crippen LogP contribution < -0.4 is 24.9 Å². The highest BCUT2D eigenvalue weighted by atomic mass is 127. The average Bonchev–Trinajstić information content (AvgIpc) is 3.20. The van der Waals surface area contributed by atoms with Gasteiger partial charge in [0, 0.05) is 14.8 Å². The van der Waals surface area contributed by atoms with Crippen molar-refractivity contribution in [2.45, 2.75) is 13.0 Å². The number of amides is 1. The number of ether oxygens (including phenoxy) is 1. The summed E-state index contributed by atoms with van der Waals surface area (Å²) >= 11 is 5.47. The van der Waals surface area contributed by atoms with Crippen LogP contribution >= 0.6 is 56.5 Å². The lowest BCUT2D eigenvalue weighted by atomic mass is 9.95. The lowest BCUT2D eigenvalue weighted by Gasteiger charge is -2.25. The monoisotopic (exact) mass is 749 g/mol. The fourth-order valence-electron chi connectivity index (χ4n) is 4.30. The normalized spacial score (nSPS) is 15.2. The van der Waals surface area contributed by atoms with Gasteiger partial charge in [0.25, 0.3) is 11.5 Å². The van der Waals surface area contributed by atoms with Crippen LogP contribution in [0.25, 0.3) is 6.08 Å². The Kier molecular flexibility index (Phi) is 7.73. The molecule has 1 aliphatic rings. The highest BCUT2D eigenvalue weighted by Crippen LogP contribution is 2.32. The first-order chi connectivity index (χ1) is 18.3. The van der Waals surface area contributed by atoms with E-state index in [0.717, 1.165) is 9.13 Å². The number of phenolic OH excluding ortho intramolecular Hbond substituents is 1. The molecule has 38 heavy (non-hydrogen) atoms. The standard InChI is InChI=1S/C28H21I2N3O4S/c1-15-23(26(35)32-19-8-4-3-5-9-19)24(16-7-6-10-20(12-16)37-2)33-27(36)22(38-28(33)31-15)13-17-11-18(29)14-21(30)25(17)34/h3-14,24,34H,1-2H3,(H,32,35). The average molecular weight is 749 g/mol. The van der Waals surface area contributed by atoms with Crippen molar-refractivity contribution in [1.29, 1.82) is 0 Å². The van der Waals surface area contributed by atoms with Gasteiger partial charge in [-0.2, -0.15) is 0 Å². The second-order valence-electron chi connectivity index (χ2n) is 8.50. The second kappa shape index (κ2) is 11.0. The third-order valence-electron chi connectivity index (χ3n) is 6.05. The van der Waals surface area contributed by atoms with Crippen LogP contribution in [0.3, 0.4) is 0 Å². The van der Waals surface area contributed by atoms with Crippen LogP contribution in [0.15, 0.2) is 87.8 Å². The number of anilines is 1. The van der Waals surface area contributed by atoms with Crippen LogP contribution in [-0.2, 0) is 4.79 Å². The molecule has 0 aliphatic carbocycles. The number of aromatic nitrogens is 1. The molecule has 2 N–H and O–H groups in total. The van der Waals surface area contributed by atoms with Crippen molar-refractivity contribution in [3.05, 3.63) is 116 Å². The molecule has 7 nitrogen and oxygen atoms in total. The molecule has 5 rings (SSSR count). The lowest BCUT2D eigenvalue weighted by Crippen LogP contribution is -2.40. The molecule has 0 saturated heterocycles. The van der Waals surface area contributed by atoms with Crippen molar-refractivity contribution in [3.63, 3.8) is 0 Å². The van der Waals surface area contributed by atoms with Gasteiger partial charge in [-0.15, -0.1) is 0 Å². The molecule has 3 aromatic carbocycles. The fraction of sp³-hybridized carbons (Fsp3) is 0.107. The van der Waals surface area contributed by atoms with E-state index in [4.69, 9.17) is 4.74 Å². The summed E-state index contributed by atoms with van der Waals surface area (Å²) in [6, 6.07) is 19.5. The highest BCUT2D eigenvalue weighted by molar-refractivity contribution is 14.1. The van der Waals surface area contributed by atoms with E-state index in [9.17, 15) is 14.7 Å². The maximum Gasteiger partial charge on any atom is 0.271 e. The number of nitrogens with one attached hydrogen (secondary N) is 1. The Morgan fingerprint density at radius 2 is 1.89 bits per heavy atom. The van der Waals surface area contributed by atoms with E-state index in [0.29, 0.717) is 41.2 Å². The Labute approximate surface area is 249 Å². The number of methoxy groups -OCH3 is 1. The number of hydrogen-bond donors (Lipinski definition) is 2. The van der Waals surface area contributed by atoms with Crippen molar-refractivity contribution in [3.8, 4) is 11.5 Å². The minimum Gasteiger partial charge on any atom is -0.506 e. The maximum atomic E-state index is 13.9. The molecule has 1 atom stereocenters. The van der Waals surface area contributed by atoms with Crippen molar-refractivity contribution >= 4 is 74.2 Å². The van der Waals surface area contributed by atoms with E-state index in [1.165, 1.54) is 11.3 Å². The van der Waals surface area contributed by atoms with Gasteiger partial charge in [-0.25, -0.2) is 4.99 Å². The number of nitrogens with zero attached hydrogens (tertiary/aromatic N) is 2. The molecule has 0 spiro atoms. The third-order valence-corrected chi connectivity index (χ3v) is 8.48. The summed E-state index contributed by atoms with van der Waals surface area (Å²) in [4.78, 5) is 32.7. The van der Waals surface area contributed by atoms with Crippen LogP contribution in [0.2, 0.25) is 0 Å². The molecule has 192 valence electrons. The Morgan fingerprint density at radius 3 is 2.63 bits per heavy atom. The fourth-order valence-corrected chi connectivity index (χ4v) is 7.22. The van der Waals surface area contributed by atoms with E-state index in [-0.39, 0.29) is 17.2 Å². The summed E-state index contributed by atoms with van der Waals surface area (Å²) < 4.78 is 9.03. The molecule has 4 aromatic rings. The summed E-state index contributed by atoms with van der Waals surface area (Å²) in [5.74, 6) is 0.380. The van der Waals surface area contributed by atoms with Gasteiger partial charge in [-0.1, -0.05) is 41.7 Å². The first kappa shape index (κ1) is 26.6. The topological polar surface area (TPSA) is 92.9 Å². The van der Waals surface area contributed by atoms with Crippen molar-refractivity contribution in [2.75, 3.05) is 12.4 Å². The van der Waals surface area contributed by atoms with Crippen LogP contribution in [0, 0.1) is 7.14 Å². The third kappa shape index (κ3) is 5.16. The summed E-state index contributed by atoms with van der Waals surface area (Å²) in [7, 11) is 1.57. The van der Waals surface area contributed by atoms with Gasteiger partial charge >= 0.3 is 0 Å². The summed E-state index contributed by atoms with van der Waals surface area (Å²) in [6.07, 6.45) is 1.68. The van der Waals surface area contributed by atoms with E-state index in [1.54, 1.807) is 36.8 Å². The van der Waals surface area contributed by atoms with E-state index < -0.39 is 6.04 Å². The van der Waals surface area contributed by atoms with Crippen LogP contribution in [0.5, 0.6) is 11.5 Å². The summed E-state index contributed by atoms with van der Waals surface area (Å²) in [5, 5.41) is 13.6. The van der Waals surface area contributed by atoms with Crippen LogP contribution in [0.4, 0.5) is 5.69 Å². The molecular weight excluding hydrogens is 728 g/mol. The Balaban J connectivity index is 1.71. The van der Waals surface area contributed by atoms with Crippen molar-refractivity contribution < 1.29 is 14.6 Å². The molecule has 1 aromatic heterocycles. The quantitative estimate of drug-likeness (QED) is 0.287. The molecule has 0 fully saturated rings. The van der Waals surface area contributed by atoms with Gasteiger partial charge in [-0.05, 0) is 100 Å². The van der Waals surface area contributed by atoms with Crippen LogP contribution in [-0.4, -0.2) is 22.7 Å². The summed E-state index contributed by atoms with van der Waals surface area (Å²) in [5.41, 5.74) is 2.49. The minimum atomic E-state index is -0.725. The molecule has 1 aliphatic heterocycles. The molecule has 1 amide bonds. The van der Waals surface area contributed by atoms with Gasteiger partial charge in [0.2, 0.25) is 0 Å². The van der Waals surface area contributed by atoms with Gasteiger partial charge < -0.3 is 15.2 Å². The molecule has 0 saturated carbocycles. The molecule has 2 heterocycles. The smallest absolute Gasteiger partial charge is 0.271 e. The first-order valence-corrected chi connectivity index (χ1v) is 14.4. The molecule has 1 unspecified atom stereocenters. The SMILES string of the molecule is COc1cccc(C2C(C(=O)Nc3ccccc3)=C(C)N=c3sc(=Cc4cc(I)cc(I)c4O)c(=O)n32)c1. The maximum absolute atomic E-state index is 13.9. The Bertz CT molecular complexity index is 1780. The Morgan fingerprint density at radius 1 is 1.13 bits per heavy atom. The first-order valence-electron chi connectivity index (χ1n) is 11.5.